The third-order valence-electron chi connectivity index (χ3n) is 1.53. The highest BCUT2D eigenvalue weighted by atomic mass is 32.2. The maximum Gasteiger partial charge on any atom is 0.312 e. The van der Waals surface area contributed by atoms with Crippen molar-refractivity contribution in [2.45, 2.75) is 4.90 Å². The number of aromatic hydroxyl groups is 2. The second-order valence-electron chi connectivity index (χ2n) is 2.54. The Morgan fingerprint density at radius 3 is 2.13 bits per heavy atom. The van der Waals surface area contributed by atoms with Crippen LogP contribution in [0, 0.1) is 10.1 Å². The summed E-state index contributed by atoms with van der Waals surface area (Å²) in [6.45, 7) is 0. The SMILES string of the molecule is O=[N+]([O-])c1cc(S(=O)(=O)O)c(O)cc1O. The molecule has 0 amide bonds. The third kappa shape index (κ3) is 2.14. The van der Waals surface area contributed by atoms with Crippen LogP contribution in [0.15, 0.2) is 17.0 Å². The number of phenols is 2. The molecule has 82 valence electrons. The second-order valence-corrected chi connectivity index (χ2v) is 3.93. The van der Waals surface area contributed by atoms with E-state index >= 15 is 0 Å². The van der Waals surface area contributed by atoms with Gasteiger partial charge in [-0.3, -0.25) is 14.7 Å². The molecular weight excluding hydrogens is 230 g/mol. The van der Waals surface area contributed by atoms with Gasteiger partial charge in [0, 0.05) is 12.1 Å². The lowest BCUT2D eigenvalue weighted by Gasteiger charge is -2.02. The lowest BCUT2D eigenvalue weighted by atomic mass is 10.3. The molecule has 9 heteroatoms. The molecule has 8 nitrogen and oxygen atoms in total. The predicted octanol–water partition coefficient (Wildman–Crippen LogP) is 0.253. The molecule has 0 heterocycles. The van der Waals surface area contributed by atoms with E-state index in [4.69, 9.17) is 14.8 Å². The Labute approximate surface area is 83.3 Å². The van der Waals surface area contributed by atoms with Crippen LogP contribution in [0.4, 0.5) is 5.69 Å². The summed E-state index contributed by atoms with van der Waals surface area (Å²) in [5.74, 6) is -1.87. The van der Waals surface area contributed by atoms with Gasteiger partial charge in [-0.1, -0.05) is 0 Å². The second kappa shape index (κ2) is 3.37. The lowest BCUT2D eigenvalue weighted by molar-refractivity contribution is -0.386. The number of benzene rings is 1. The average molecular weight is 235 g/mol. The van der Waals surface area contributed by atoms with Crippen molar-refractivity contribution < 1.29 is 28.1 Å². The summed E-state index contributed by atoms with van der Waals surface area (Å²) in [5, 5.41) is 28.3. The summed E-state index contributed by atoms with van der Waals surface area (Å²) in [4.78, 5) is 8.21. The number of nitrogens with zero attached hydrogens (tertiary/aromatic N) is 1. The van der Waals surface area contributed by atoms with Crippen molar-refractivity contribution in [1.29, 1.82) is 0 Å². The number of hydrogen-bond donors (Lipinski definition) is 3. The van der Waals surface area contributed by atoms with Gasteiger partial charge in [0.15, 0.2) is 5.75 Å². The third-order valence-corrected chi connectivity index (χ3v) is 2.41. The van der Waals surface area contributed by atoms with E-state index < -0.39 is 37.1 Å². The van der Waals surface area contributed by atoms with Crippen molar-refractivity contribution in [3.63, 3.8) is 0 Å². The van der Waals surface area contributed by atoms with Gasteiger partial charge in [-0.25, -0.2) is 0 Å². The first-order valence-electron chi connectivity index (χ1n) is 3.41. The molecule has 0 aliphatic rings. The quantitative estimate of drug-likeness (QED) is 0.379. The summed E-state index contributed by atoms with van der Waals surface area (Å²) < 4.78 is 29.8. The predicted molar refractivity (Wildman–Crippen MR) is 46.2 cm³/mol. The van der Waals surface area contributed by atoms with Crippen LogP contribution >= 0.6 is 0 Å². The smallest absolute Gasteiger partial charge is 0.312 e. The summed E-state index contributed by atoms with van der Waals surface area (Å²) >= 11 is 0. The molecule has 0 saturated carbocycles. The fourth-order valence-electron chi connectivity index (χ4n) is 0.899. The minimum absolute atomic E-state index is 0.361. The molecule has 1 aromatic rings. The molecule has 15 heavy (non-hydrogen) atoms. The number of rotatable bonds is 2. The molecule has 0 atom stereocenters. The maximum absolute atomic E-state index is 10.6. The molecule has 3 N–H and O–H groups in total. The van der Waals surface area contributed by atoms with Gasteiger partial charge in [0.25, 0.3) is 10.1 Å². The van der Waals surface area contributed by atoms with E-state index in [1.54, 1.807) is 0 Å². The van der Waals surface area contributed by atoms with Crippen LogP contribution < -0.4 is 0 Å². The Kier molecular flexibility index (Phi) is 2.51. The van der Waals surface area contributed by atoms with E-state index in [1.165, 1.54) is 0 Å². The van der Waals surface area contributed by atoms with Crippen molar-refractivity contribution in [2.24, 2.45) is 0 Å². The molecule has 0 aromatic heterocycles. The molecule has 0 radical (unpaired) electrons. The first-order valence-corrected chi connectivity index (χ1v) is 4.85. The van der Waals surface area contributed by atoms with E-state index in [-0.39, 0.29) is 0 Å². The van der Waals surface area contributed by atoms with Crippen molar-refractivity contribution in [3.05, 3.63) is 22.2 Å². The van der Waals surface area contributed by atoms with Crippen LogP contribution in [-0.2, 0) is 10.1 Å². The standard InChI is InChI=1S/C6H5NO7S/c8-4-2-5(9)6(15(12,13)14)1-3(4)7(10)11/h1-2,8-9H,(H,12,13,14). The van der Waals surface area contributed by atoms with Crippen molar-refractivity contribution in [1.82, 2.24) is 0 Å². The van der Waals surface area contributed by atoms with E-state index in [0.717, 1.165) is 0 Å². The molecule has 1 aromatic carbocycles. The topological polar surface area (TPSA) is 138 Å². The monoisotopic (exact) mass is 235 g/mol. The minimum Gasteiger partial charge on any atom is -0.506 e. The van der Waals surface area contributed by atoms with Crippen LogP contribution in [0.1, 0.15) is 0 Å². The van der Waals surface area contributed by atoms with Gasteiger partial charge in [0.1, 0.15) is 10.6 Å². The first-order chi connectivity index (χ1) is 6.73. The Balaban J connectivity index is 3.58. The lowest BCUT2D eigenvalue weighted by Crippen LogP contribution is -2.00. The Bertz CT molecular complexity index is 521. The van der Waals surface area contributed by atoms with E-state index in [0.29, 0.717) is 12.1 Å². The van der Waals surface area contributed by atoms with Gasteiger partial charge < -0.3 is 10.2 Å². The molecule has 0 spiro atoms. The zero-order valence-corrected chi connectivity index (χ0v) is 7.80. The zero-order valence-electron chi connectivity index (χ0n) is 6.98. The molecule has 0 aliphatic heterocycles. The van der Waals surface area contributed by atoms with Crippen LogP contribution in [-0.4, -0.2) is 28.1 Å². The highest BCUT2D eigenvalue weighted by Gasteiger charge is 2.23. The van der Waals surface area contributed by atoms with Gasteiger partial charge in [-0.15, -0.1) is 0 Å². The Morgan fingerprint density at radius 2 is 1.73 bits per heavy atom. The van der Waals surface area contributed by atoms with Crippen molar-refractivity contribution >= 4 is 15.8 Å². The fourth-order valence-corrected chi connectivity index (χ4v) is 1.48. The normalized spacial score (nSPS) is 11.3. The molecular formula is C6H5NO7S. The summed E-state index contributed by atoms with van der Waals surface area (Å²) in [6.07, 6.45) is 0. The van der Waals surface area contributed by atoms with Crippen LogP contribution in [0.25, 0.3) is 0 Å². The minimum atomic E-state index is -4.77. The Morgan fingerprint density at radius 1 is 1.20 bits per heavy atom. The van der Waals surface area contributed by atoms with Gasteiger partial charge in [-0.2, -0.15) is 8.42 Å². The Hall–Kier alpha value is -1.87. The number of nitro groups is 1. The van der Waals surface area contributed by atoms with E-state index in [9.17, 15) is 18.5 Å². The van der Waals surface area contributed by atoms with Gasteiger partial charge in [0.05, 0.1) is 4.92 Å². The van der Waals surface area contributed by atoms with Gasteiger partial charge in [-0.05, 0) is 0 Å². The van der Waals surface area contributed by atoms with Crippen LogP contribution in [0.3, 0.4) is 0 Å². The molecule has 0 unspecified atom stereocenters. The van der Waals surface area contributed by atoms with Crippen molar-refractivity contribution in [2.75, 3.05) is 0 Å². The summed E-state index contributed by atoms with van der Waals surface area (Å²) in [6, 6.07) is 0.821. The fraction of sp³-hybridized carbons (Fsp3) is 0. The first kappa shape index (κ1) is 11.2. The molecule has 0 saturated heterocycles. The molecule has 0 aliphatic carbocycles. The van der Waals surface area contributed by atoms with Gasteiger partial charge >= 0.3 is 5.69 Å². The largest absolute Gasteiger partial charge is 0.506 e. The molecule has 0 fully saturated rings. The maximum atomic E-state index is 10.6. The number of phenolic OH excluding ortho intramolecular Hbond substituents is 2. The number of hydrogen-bond acceptors (Lipinski definition) is 6. The van der Waals surface area contributed by atoms with Gasteiger partial charge in [0.2, 0.25) is 0 Å². The zero-order chi connectivity index (χ0) is 11.8. The van der Waals surface area contributed by atoms with E-state index in [1.807, 2.05) is 0 Å². The van der Waals surface area contributed by atoms with Crippen molar-refractivity contribution in [3.8, 4) is 11.5 Å². The van der Waals surface area contributed by atoms with Crippen LogP contribution in [0.5, 0.6) is 11.5 Å². The number of nitro benzene ring substituents is 1. The molecule has 0 bridgehead atoms. The average Bonchev–Trinajstić information content (AvgIpc) is 2.00. The molecule has 1 rings (SSSR count). The summed E-state index contributed by atoms with van der Waals surface area (Å²) in [5.41, 5.74) is -0.930. The summed E-state index contributed by atoms with van der Waals surface area (Å²) in [7, 11) is -4.77. The highest BCUT2D eigenvalue weighted by Crippen LogP contribution is 2.34. The van der Waals surface area contributed by atoms with E-state index in [2.05, 4.69) is 0 Å². The highest BCUT2D eigenvalue weighted by molar-refractivity contribution is 7.86. The van der Waals surface area contributed by atoms with Crippen LogP contribution in [0.2, 0.25) is 0 Å².